The van der Waals surface area contributed by atoms with E-state index in [9.17, 15) is 4.79 Å². The van der Waals surface area contributed by atoms with Crippen molar-refractivity contribution in [2.75, 3.05) is 63.5 Å². The summed E-state index contributed by atoms with van der Waals surface area (Å²) in [6, 6.07) is 18.2. The lowest BCUT2D eigenvalue weighted by molar-refractivity contribution is 0.0329. The molecule has 4 rings (SSSR count). The number of ether oxygens (including phenoxy) is 3. The van der Waals surface area contributed by atoms with E-state index in [2.05, 4.69) is 35.3 Å². The molecular weight excluding hydrogens is 540 g/mol. The quantitative estimate of drug-likeness (QED) is 0.209. The molecule has 9 nitrogen and oxygen atoms in total. The molecule has 0 aliphatic carbocycles. The van der Waals surface area contributed by atoms with E-state index >= 15 is 0 Å². The largest absolute Gasteiger partial charge is 0.443 e. The Kier molecular flexibility index (Phi) is 10.3. The number of rotatable bonds is 12. The Morgan fingerprint density at radius 1 is 0.902 bits per heavy atom. The Hall–Kier alpha value is -3.57. The smallest absolute Gasteiger partial charge is 0.414 e. The van der Waals surface area contributed by atoms with Crippen LogP contribution >= 0.6 is 11.3 Å². The summed E-state index contributed by atoms with van der Waals surface area (Å²) >= 11 is 1.58. The van der Waals surface area contributed by atoms with Crippen molar-refractivity contribution in [2.45, 2.75) is 26.4 Å². The highest BCUT2D eigenvalue weighted by atomic mass is 32.1. The van der Waals surface area contributed by atoms with E-state index in [-0.39, 0.29) is 13.2 Å². The molecule has 218 valence electrons. The van der Waals surface area contributed by atoms with E-state index in [0.29, 0.717) is 32.1 Å². The molecule has 0 fully saturated rings. The summed E-state index contributed by atoms with van der Waals surface area (Å²) in [5.74, 6) is 0.917. The zero-order valence-electron chi connectivity index (χ0n) is 24.3. The maximum Gasteiger partial charge on any atom is 0.414 e. The normalized spacial score (nSPS) is 11.6. The fraction of sp³-hybridized carbons (Fsp3) is 0.387. The lowest BCUT2D eigenvalue weighted by Crippen LogP contribution is -2.39. The number of hydrogen-bond donors (Lipinski definition) is 1. The van der Waals surface area contributed by atoms with Gasteiger partial charge in [0.1, 0.15) is 16.4 Å². The van der Waals surface area contributed by atoms with Crippen LogP contribution in [-0.2, 0) is 14.2 Å². The minimum atomic E-state index is -0.632. The number of hydrogen-bond acceptors (Lipinski definition) is 9. The van der Waals surface area contributed by atoms with Crippen LogP contribution in [0.3, 0.4) is 0 Å². The summed E-state index contributed by atoms with van der Waals surface area (Å²) in [6.45, 7) is 7.16. The number of aliphatic hydroxyl groups excluding tert-OH is 1. The molecular formula is C31H38N4O5S. The van der Waals surface area contributed by atoms with Crippen molar-refractivity contribution in [3.63, 3.8) is 0 Å². The molecule has 4 aromatic rings. The third-order valence-electron chi connectivity index (χ3n) is 6.04. The first-order valence-electron chi connectivity index (χ1n) is 13.6. The summed E-state index contributed by atoms with van der Waals surface area (Å²) in [4.78, 5) is 26.0. The average Bonchev–Trinajstić information content (AvgIpc) is 3.37. The van der Waals surface area contributed by atoms with Crippen molar-refractivity contribution >= 4 is 39.2 Å². The number of carbonyl (C=O) groups excluding carboxylic acids is 1. The van der Waals surface area contributed by atoms with Crippen LogP contribution < -0.4 is 9.80 Å². The van der Waals surface area contributed by atoms with Crippen LogP contribution in [0.25, 0.3) is 31.9 Å². The van der Waals surface area contributed by atoms with Gasteiger partial charge in [0.15, 0.2) is 0 Å². The number of carbonyl (C=O) groups is 1. The van der Waals surface area contributed by atoms with Crippen LogP contribution in [0, 0.1) is 0 Å². The van der Waals surface area contributed by atoms with Crippen molar-refractivity contribution < 1.29 is 24.1 Å². The highest BCUT2D eigenvalue weighted by Crippen LogP contribution is 2.34. The molecule has 0 atom stereocenters. The molecule has 10 heteroatoms. The van der Waals surface area contributed by atoms with Gasteiger partial charge in [-0.25, -0.2) is 14.8 Å². The van der Waals surface area contributed by atoms with Crippen LogP contribution in [0.15, 0.2) is 60.8 Å². The molecule has 1 N–H and O–H groups in total. The summed E-state index contributed by atoms with van der Waals surface area (Å²) in [6.07, 6.45) is 1.45. The van der Waals surface area contributed by atoms with Crippen molar-refractivity contribution in [2.24, 2.45) is 0 Å². The van der Waals surface area contributed by atoms with Gasteiger partial charge in [-0.1, -0.05) is 24.3 Å². The molecule has 0 aliphatic rings. The van der Waals surface area contributed by atoms with Gasteiger partial charge in [-0.15, -0.1) is 11.3 Å². The maximum absolute atomic E-state index is 13.1. The highest BCUT2D eigenvalue weighted by Gasteiger charge is 2.24. The topological polar surface area (TPSA) is 97.2 Å². The Labute approximate surface area is 245 Å². The first-order chi connectivity index (χ1) is 19.6. The molecule has 0 unspecified atom stereocenters. The Bertz CT molecular complexity index is 1420. The molecule has 2 heterocycles. The summed E-state index contributed by atoms with van der Waals surface area (Å²) in [7, 11) is 3.95. The van der Waals surface area contributed by atoms with Gasteiger partial charge in [-0.05, 0) is 56.7 Å². The van der Waals surface area contributed by atoms with E-state index in [1.165, 1.54) is 0 Å². The van der Waals surface area contributed by atoms with E-state index < -0.39 is 11.7 Å². The van der Waals surface area contributed by atoms with Crippen LogP contribution in [0.5, 0.6) is 0 Å². The van der Waals surface area contributed by atoms with Gasteiger partial charge < -0.3 is 24.2 Å². The highest BCUT2D eigenvalue weighted by molar-refractivity contribution is 7.21. The van der Waals surface area contributed by atoms with Gasteiger partial charge in [0.25, 0.3) is 0 Å². The van der Waals surface area contributed by atoms with Gasteiger partial charge >= 0.3 is 6.09 Å². The van der Waals surface area contributed by atoms with Crippen molar-refractivity contribution in [3.8, 4) is 21.7 Å². The number of anilines is 2. The standard InChI is InChI=1S/C31H38N4O5S/c1-31(2,3)40-30(37)35(14-16-38-18-19-39-17-15-36)25-11-12-26-27(20-25)41-29(33-26)23-8-6-22(7-9-23)24-10-13-28(32-21-24)34(4)5/h6-13,20-21,36H,14-19H2,1-5H3. The summed E-state index contributed by atoms with van der Waals surface area (Å²) in [5.41, 5.74) is 4.11. The molecule has 0 radical (unpaired) electrons. The molecule has 0 spiro atoms. The lowest BCUT2D eigenvalue weighted by atomic mass is 10.1. The number of aliphatic hydroxyl groups is 1. The van der Waals surface area contributed by atoms with Gasteiger partial charge in [0.05, 0.1) is 49.8 Å². The molecule has 0 saturated carbocycles. The fourth-order valence-corrected chi connectivity index (χ4v) is 5.02. The molecule has 0 bridgehead atoms. The number of pyridine rings is 1. The molecule has 1 amide bonds. The summed E-state index contributed by atoms with van der Waals surface area (Å²) < 4.78 is 17.5. The third-order valence-corrected chi connectivity index (χ3v) is 7.10. The second-order valence-electron chi connectivity index (χ2n) is 10.6. The molecule has 2 aromatic heterocycles. The average molecular weight is 579 g/mol. The zero-order valence-corrected chi connectivity index (χ0v) is 25.1. The van der Waals surface area contributed by atoms with Gasteiger partial charge in [0.2, 0.25) is 0 Å². The first kappa shape index (κ1) is 30.4. The number of thiazole rings is 1. The van der Waals surface area contributed by atoms with Crippen LogP contribution in [-0.4, -0.2) is 80.4 Å². The van der Waals surface area contributed by atoms with E-state index in [1.54, 1.807) is 16.2 Å². The number of amides is 1. The maximum atomic E-state index is 13.1. The minimum Gasteiger partial charge on any atom is -0.443 e. The van der Waals surface area contributed by atoms with Gasteiger partial charge in [-0.3, -0.25) is 4.90 Å². The van der Waals surface area contributed by atoms with E-state index in [1.807, 2.05) is 70.2 Å². The second-order valence-corrected chi connectivity index (χ2v) is 11.7. The molecule has 0 aliphatic heterocycles. The van der Waals surface area contributed by atoms with Gasteiger partial charge in [-0.2, -0.15) is 0 Å². The third kappa shape index (κ3) is 8.46. The Morgan fingerprint density at radius 2 is 1.59 bits per heavy atom. The SMILES string of the molecule is CN(C)c1ccc(-c2ccc(-c3nc4ccc(N(CCOCCOCCO)C(=O)OC(C)(C)C)cc4s3)cc2)cn1. The zero-order chi connectivity index (χ0) is 29.4. The van der Waals surface area contributed by atoms with Crippen LogP contribution in [0.1, 0.15) is 20.8 Å². The number of nitrogens with zero attached hydrogens (tertiary/aromatic N) is 4. The predicted molar refractivity (Wildman–Crippen MR) is 165 cm³/mol. The monoisotopic (exact) mass is 578 g/mol. The van der Waals surface area contributed by atoms with Crippen LogP contribution in [0.2, 0.25) is 0 Å². The fourth-order valence-electron chi connectivity index (χ4n) is 4.02. The van der Waals surface area contributed by atoms with E-state index in [4.69, 9.17) is 24.3 Å². The van der Waals surface area contributed by atoms with Crippen molar-refractivity contribution in [3.05, 3.63) is 60.8 Å². The van der Waals surface area contributed by atoms with E-state index in [0.717, 1.165) is 37.7 Å². The molecule has 0 saturated heterocycles. The Balaban J connectivity index is 1.50. The Morgan fingerprint density at radius 3 is 2.22 bits per heavy atom. The molecule has 2 aromatic carbocycles. The first-order valence-corrected chi connectivity index (χ1v) is 14.4. The van der Waals surface area contributed by atoms with Gasteiger partial charge in [0, 0.05) is 37.1 Å². The minimum absolute atomic E-state index is 0.0249. The van der Waals surface area contributed by atoms with Crippen LogP contribution in [0.4, 0.5) is 16.3 Å². The number of aromatic nitrogens is 2. The lowest BCUT2D eigenvalue weighted by Gasteiger charge is -2.27. The molecule has 41 heavy (non-hydrogen) atoms. The number of benzene rings is 2. The number of fused-ring (bicyclic) bond motifs is 1. The second kappa shape index (κ2) is 13.9. The van der Waals surface area contributed by atoms with Crippen molar-refractivity contribution in [1.29, 1.82) is 0 Å². The summed E-state index contributed by atoms with van der Waals surface area (Å²) in [5, 5.41) is 9.71. The predicted octanol–water partition coefficient (Wildman–Crippen LogP) is 5.86. The van der Waals surface area contributed by atoms with Crippen molar-refractivity contribution in [1.82, 2.24) is 9.97 Å².